The predicted octanol–water partition coefficient (Wildman–Crippen LogP) is 3.34. The van der Waals surface area contributed by atoms with E-state index in [9.17, 15) is 4.79 Å². The molecule has 0 aliphatic rings. The van der Waals surface area contributed by atoms with Gasteiger partial charge in [-0.2, -0.15) is 0 Å². The average molecular weight is 292 g/mol. The smallest absolute Gasteiger partial charge is 0.305 e. The Balaban J connectivity index is 2.21. The van der Waals surface area contributed by atoms with E-state index in [0.717, 1.165) is 50.3 Å². The van der Waals surface area contributed by atoms with E-state index < -0.39 is 0 Å². The maximum Gasteiger partial charge on any atom is 0.305 e. The molecule has 0 aliphatic heterocycles. The molecule has 0 amide bonds. The Kier molecular flexibility index (Phi) is 8.67. The molecule has 0 N–H and O–H groups in total. The van der Waals surface area contributed by atoms with Crippen LogP contribution in [0.1, 0.15) is 50.9 Å². The third-order valence-corrected chi connectivity index (χ3v) is 3.44. The molecule has 1 aromatic rings. The number of esters is 1. The highest BCUT2D eigenvalue weighted by Crippen LogP contribution is 2.07. The fourth-order valence-corrected chi connectivity index (χ4v) is 2.28. The summed E-state index contributed by atoms with van der Waals surface area (Å²) in [4.78, 5) is 18.2. The van der Waals surface area contributed by atoms with Crippen LogP contribution in [0.5, 0.6) is 0 Å². The molecule has 0 spiro atoms. The highest BCUT2D eigenvalue weighted by Gasteiger charge is 2.06. The average Bonchev–Trinajstić information content (AvgIpc) is 2.46. The fraction of sp³-hybridized carbons (Fsp3) is 0.647. The highest BCUT2D eigenvalue weighted by molar-refractivity contribution is 5.69. The lowest BCUT2D eigenvalue weighted by Gasteiger charge is -2.20. The van der Waals surface area contributed by atoms with E-state index in [4.69, 9.17) is 4.74 Å². The zero-order chi connectivity index (χ0) is 15.5. The number of unbranched alkanes of at least 4 members (excludes halogenated alkanes) is 2. The highest BCUT2D eigenvalue weighted by atomic mass is 16.5. The molecule has 0 fully saturated rings. The number of rotatable bonds is 10. The van der Waals surface area contributed by atoms with E-state index in [1.165, 1.54) is 0 Å². The van der Waals surface area contributed by atoms with Crippen LogP contribution < -0.4 is 0 Å². The molecule has 0 radical (unpaired) electrons. The summed E-state index contributed by atoms with van der Waals surface area (Å²) >= 11 is 0. The first-order valence-electron chi connectivity index (χ1n) is 7.96. The molecule has 0 aliphatic carbocycles. The molecule has 0 bridgehead atoms. The van der Waals surface area contributed by atoms with E-state index >= 15 is 0 Å². The third kappa shape index (κ3) is 7.81. The van der Waals surface area contributed by atoms with Gasteiger partial charge in [-0.15, -0.1) is 0 Å². The van der Waals surface area contributed by atoms with Gasteiger partial charge in [-0.1, -0.05) is 19.4 Å². The van der Waals surface area contributed by atoms with Crippen molar-refractivity contribution in [3.8, 4) is 0 Å². The van der Waals surface area contributed by atoms with Crippen molar-refractivity contribution >= 4 is 5.97 Å². The van der Waals surface area contributed by atoms with Crippen LogP contribution in [-0.4, -0.2) is 35.5 Å². The second-order valence-electron chi connectivity index (χ2n) is 5.25. The molecule has 0 unspecified atom stereocenters. The number of aromatic nitrogens is 1. The van der Waals surface area contributed by atoms with Crippen LogP contribution in [0.3, 0.4) is 0 Å². The minimum atomic E-state index is -0.0752. The summed E-state index contributed by atoms with van der Waals surface area (Å²) in [5.74, 6) is -0.0752. The van der Waals surface area contributed by atoms with Crippen molar-refractivity contribution in [1.82, 2.24) is 9.88 Å². The van der Waals surface area contributed by atoms with Crippen LogP contribution in [0.2, 0.25) is 0 Å². The van der Waals surface area contributed by atoms with Crippen molar-refractivity contribution in [2.45, 2.75) is 53.0 Å². The number of nitrogens with zero attached hydrogens (tertiary/aromatic N) is 2. The first kappa shape index (κ1) is 17.6. The Labute approximate surface area is 128 Å². The molecule has 1 aromatic heterocycles. The van der Waals surface area contributed by atoms with Crippen LogP contribution >= 0.6 is 0 Å². The lowest BCUT2D eigenvalue weighted by molar-refractivity contribution is -0.143. The van der Waals surface area contributed by atoms with Gasteiger partial charge in [0.1, 0.15) is 0 Å². The molecule has 4 nitrogen and oxygen atoms in total. The zero-order valence-electron chi connectivity index (χ0n) is 13.6. The molecule has 1 rings (SSSR count). The van der Waals surface area contributed by atoms with Crippen molar-refractivity contribution in [2.24, 2.45) is 0 Å². The van der Waals surface area contributed by atoms with E-state index in [1.807, 2.05) is 19.9 Å². The van der Waals surface area contributed by atoms with Gasteiger partial charge in [0.25, 0.3) is 0 Å². The van der Waals surface area contributed by atoms with Gasteiger partial charge in [0.15, 0.2) is 0 Å². The molecule has 118 valence electrons. The number of hydrogen-bond acceptors (Lipinski definition) is 4. The van der Waals surface area contributed by atoms with Crippen LogP contribution in [0, 0.1) is 6.92 Å². The van der Waals surface area contributed by atoms with Gasteiger partial charge in [-0.3, -0.25) is 14.7 Å². The minimum Gasteiger partial charge on any atom is -0.466 e. The summed E-state index contributed by atoms with van der Waals surface area (Å²) in [5, 5.41) is 0. The molecular formula is C17H28N2O2. The van der Waals surface area contributed by atoms with Crippen molar-refractivity contribution in [3.63, 3.8) is 0 Å². The number of carbonyl (C=O) groups excluding carboxylic acids is 1. The number of hydrogen-bond donors (Lipinski definition) is 0. The van der Waals surface area contributed by atoms with Gasteiger partial charge >= 0.3 is 5.97 Å². The van der Waals surface area contributed by atoms with E-state index in [-0.39, 0.29) is 5.97 Å². The monoisotopic (exact) mass is 292 g/mol. The number of carbonyl (C=O) groups is 1. The summed E-state index contributed by atoms with van der Waals surface area (Å²) in [7, 11) is 0. The van der Waals surface area contributed by atoms with Crippen molar-refractivity contribution in [2.75, 3.05) is 19.7 Å². The Bertz CT molecular complexity index is 421. The molecular weight excluding hydrogens is 264 g/mol. The Morgan fingerprint density at radius 2 is 2.05 bits per heavy atom. The van der Waals surface area contributed by atoms with E-state index in [2.05, 4.69) is 28.9 Å². The van der Waals surface area contributed by atoms with Crippen molar-refractivity contribution in [3.05, 3.63) is 29.6 Å². The minimum absolute atomic E-state index is 0.0752. The molecule has 0 atom stereocenters. The summed E-state index contributed by atoms with van der Waals surface area (Å²) in [6.07, 6.45) is 3.63. The van der Waals surface area contributed by atoms with Crippen molar-refractivity contribution < 1.29 is 9.53 Å². The lowest BCUT2D eigenvalue weighted by Crippen LogP contribution is -2.24. The first-order valence-corrected chi connectivity index (χ1v) is 7.96. The predicted molar refractivity (Wildman–Crippen MR) is 85.0 cm³/mol. The second-order valence-corrected chi connectivity index (χ2v) is 5.25. The lowest BCUT2D eigenvalue weighted by atomic mass is 10.2. The van der Waals surface area contributed by atoms with Crippen LogP contribution in [0.4, 0.5) is 0 Å². The van der Waals surface area contributed by atoms with E-state index in [1.54, 1.807) is 0 Å². The number of ether oxygens (including phenoxy) is 1. The van der Waals surface area contributed by atoms with E-state index in [0.29, 0.717) is 13.0 Å². The Hall–Kier alpha value is -1.42. The zero-order valence-corrected chi connectivity index (χ0v) is 13.6. The summed E-state index contributed by atoms with van der Waals surface area (Å²) in [5.41, 5.74) is 2.20. The largest absolute Gasteiger partial charge is 0.466 e. The SMILES string of the molecule is CCOC(=O)CCCCCN(CC)Cc1cccc(C)n1. The van der Waals surface area contributed by atoms with Gasteiger partial charge in [0.05, 0.1) is 12.3 Å². The quantitative estimate of drug-likeness (QED) is 0.490. The first-order chi connectivity index (χ1) is 10.2. The van der Waals surface area contributed by atoms with Gasteiger partial charge < -0.3 is 4.74 Å². The molecule has 4 heteroatoms. The molecule has 0 saturated carbocycles. The maximum absolute atomic E-state index is 11.2. The van der Waals surface area contributed by atoms with Gasteiger partial charge in [-0.05, 0) is 51.9 Å². The number of pyridine rings is 1. The summed E-state index contributed by atoms with van der Waals surface area (Å²) in [6, 6.07) is 6.16. The summed E-state index contributed by atoms with van der Waals surface area (Å²) < 4.78 is 4.92. The molecule has 0 aromatic carbocycles. The number of aryl methyl sites for hydroxylation is 1. The Morgan fingerprint density at radius 3 is 2.71 bits per heavy atom. The summed E-state index contributed by atoms with van der Waals surface area (Å²) in [6.45, 7) is 9.49. The Morgan fingerprint density at radius 1 is 1.24 bits per heavy atom. The van der Waals surface area contributed by atoms with Gasteiger partial charge in [0.2, 0.25) is 0 Å². The second kappa shape index (κ2) is 10.3. The fourth-order valence-electron chi connectivity index (χ4n) is 2.28. The molecule has 0 saturated heterocycles. The standard InChI is InChI=1S/C17H28N2O2/c1-4-19(14-16-11-9-10-15(3)18-16)13-8-6-7-12-17(20)21-5-2/h9-11H,4-8,12-14H2,1-3H3. The topological polar surface area (TPSA) is 42.4 Å². The molecule has 1 heterocycles. The third-order valence-electron chi connectivity index (χ3n) is 3.44. The van der Waals surface area contributed by atoms with Crippen molar-refractivity contribution in [1.29, 1.82) is 0 Å². The maximum atomic E-state index is 11.2. The van der Waals surface area contributed by atoms with Gasteiger partial charge in [0, 0.05) is 18.7 Å². The van der Waals surface area contributed by atoms with Gasteiger partial charge in [-0.25, -0.2) is 0 Å². The normalized spacial score (nSPS) is 10.9. The van der Waals surface area contributed by atoms with Crippen LogP contribution in [-0.2, 0) is 16.1 Å². The van der Waals surface area contributed by atoms with Crippen LogP contribution in [0.15, 0.2) is 18.2 Å². The molecule has 21 heavy (non-hydrogen) atoms. The van der Waals surface area contributed by atoms with Crippen LogP contribution in [0.25, 0.3) is 0 Å².